The number of carbonyl (C=O) groups is 1. The van der Waals surface area contributed by atoms with Crippen LogP contribution >= 0.6 is 11.3 Å². The molecule has 5 nitrogen and oxygen atoms in total. The zero-order chi connectivity index (χ0) is 15.3. The van der Waals surface area contributed by atoms with E-state index in [2.05, 4.69) is 35.3 Å². The monoisotopic (exact) mass is 312 g/mol. The zero-order valence-electron chi connectivity index (χ0n) is 12.5. The Morgan fingerprint density at radius 2 is 2.32 bits per heavy atom. The van der Waals surface area contributed by atoms with Gasteiger partial charge >= 0.3 is 0 Å². The van der Waals surface area contributed by atoms with E-state index in [4.69, 9.17) is 0 Å². The summed E-state index contributed by atoms with van der Waals surface area (Å²) >= 11 is 1.63. The maximum atomic E-state index is 12.1. The summed E-state index contributed by atoms with van der Waals surface area (Å²) in [5, 5.41) is 7.45. The minimum Gasteiger partial charge on any atom is -0.309 e. The molecule has 1 amide bonds. The Hall–Kier alpha value is -2.21. The average molecular weight is 312 g/mol. The van der Waals surface area contributed by atoms with Crippen molar-refractivity contribution in [3.63, 3.8) is 0 Å². The molecular formula is C16H16N4OS. The van der Waals surface area contributed by atoms with E-state index in [9.17, 15) is 4.79 Å². The van der Waals surface area contributed by atoms with Gasteiger partial charge in [-0.2, -0.15) is 5.10 Å². The van der Waals surface area contributed by atoms with Crippen LogP contribution in [0.25, 0.3) is 10.2 Å². The quantitative estimate of drug-likeness (QED) is 0.790. The number of aryl methyl sites for hydroxylation is 1. The van der Waals surface area contributed by atoms with Gasteiger partial charge in [-0.3, -0.25) is 9.48 Å². The van der Waals surface area contributed by atoms with Crippen molar-refractivity contribution >= 4 is 33.3 Å². The number of carbonyl (C=O) groups excluding carboxylic acids is 1. The van der Waals surface area contributed by atoms with Crippen LogP contribution in [0.3, 0.4) is 0 Å². The number of thiazole rings is 1. The number of nitrogens with zero attached hydrogens (tertiary/aromatic N) is 3. The number of nitrogens with one attached hydrogen (secondary N) is 1. The lowest BCUT2D eigenvalue weighted by Crippen LogP contribution is -2.23. The first-order valence-corrected chi connectivity index (χ1v) is 8.26. The van der Waals surface area contributed by atoms with Gasteiger partial charge in [0.15, 0.2) is 5.82 Å². The Morgan fingerprint density at radius 3 is 3.14 bits per heavy atom. The van der Waals surface area contributed by atoms with Crippen molar-refractivity contribution in [3.8, 4) is 0 Å². The van der Waals surface area contributed by atoms with E-state index >= 15 is 0 Å². The molecule has 3 aromatic rings. The number of benzene rings is 1. The van der Waals surface area contributed by atoms with Gasteiger partial charge in [0.25, 0.3) is 0 Å². The molecule has 0 aliphatic carbocycles. The fourth-order valence-corrected chi connectivity index (χ4v) is 4.16. The van der Waals surface area contributed by atoms with Crippen molar-refractivity contribution in [2.24, 2.45) is 0 Å². The zero-order valence-corrected chi connectivity index (χ0v) is 13.3. The van der Waals surface area contributed by atoms with Crippen LogP contribution in [0.4, 0.5) is 5.82 Å². The number of fused-ring (bicyclic) bond motifs is 2. The van der Waals surface area contributed by atoms with Gasteiger partial charge in [-0.15, -0.1) is 11.3 Å². The normalized spacial score (nSPS) is 17.5. The van der Waals surface area contributed by atoms with Gasteiger partial charge in [0.05, 0.1) is 15.7 Å². The Labute approximate surface area is 132 Å². The molecule has 112 valence electrons. The molecule has 1 unspecified atom stereocenters. The number of hydrogen-bond acceptors (Lipinski definition) is 4. The molecule has 1 aromatic carbocycles. The predicted octanol–water partition coefficient (Wildman–Crippen LogP) is 3.30. The molecule has 4 rings (SSSR count). The van der Waals surface area contributed by atoms with Crippen molar-refractivity contribution in [1.29, 1.82) is 0 Å². The van der Waals surface area contributed by atoms with E-state index in [1.807, 2.05) is 22.3 Å². The second kappa shape index (κ2) is 4.91. The Balaban J connectivity index is 1.95. The van der Waals surface area contributed by atoms with Gasteiger partial charge in [0, 0.05) is 30.1 Å². The summed E-state index contributed by atoms with van der Waals surface area (Å²) in [5.41, 5.74) is 6.30. The molecule has 1 aliphatic heterocycles. The van der Waals surface area contributed by atoms with Crippen molar-refractivity contribution in [2.45, 2.75) is 32.7 Å². The summed E-state index contributed by atoms with van der Waals surface area (Å²) in [5.74, 6) is 0.787. The molecule has 1 N–H and O–H groups in total. The highest BCUT2D eigenvalue weighted by atomic mass is 32.1. The largest absolute Gasteiger partial charge is 0.309 e. The maximum Gasteiger partial charge on any atom is 0.226 e. The fourth-order valence-electron chi connectivity index (χ4n) is 3.30. The molecule has 1 aliphatic rings. The standard InChI is InChI=1S/C16H16N4OS/c1-3-20-9(2)14-11(7-13(21)18-16(14)19-20)10-5-4-6-12-15(10)22-8-17-12/h4-6,8,11H,3,7H2,1-2H3,(H,18,19,21). The summed E-state index contributed by atoms with van der Waals surface area (Å²) in [6.07, 6.45) is 0.459. The van der Waals surface area contributed by atoms with Gasteiger partial charge in [-0.1, -0.05) is 12.1 Å². The molecule has 0 radical (unpaired) electrons. The fraction of sp³-hybridized carbons (Fsp3) is 0.312. The second-order valence-corrected chi connectivity index (χ2v) is 6.37. The molecule has 2 aromatic heterocycles. The van der Waals surface area contributed by atoms with E-state index in [0.717, 1.165) is 28.0 Å². The lowest BCUT2D eigenvalue weighted by molar-refractivity contribution is -0.116. The van der Waals surface area contributed by atoms with Crippen molar-refractivity contribution in [1.82, 2.24) is 14.8 Å². The Kier molecular flexibility index (Phi) is 3.00. The Morgan fingerprint density at radius 1 is 1.45 bits per heavy atom. The van der Waals surface area contributed by atoms with E-state index < -0.39 is 0 Å². The second-order valence-electron chi connectivity index (χ2n) is 5.52. The SMILES string of the molecule is CCn1nc2c(c1C)C(c1cccc3ncsc13)CC(=O)N2. The summed E-state index contributed by atoms with van der Waals surface area (Å²) in [7, 11) is 0. The van der Waals surface area contributed by atoms with Gasteiger partial charge in [-0.25, -0.2) is 4.98 Å². The number of amides is 1. The average Bonchev–Trinajstić information content (AvgIpc) is 3.10. The number of anilines is 1. The molecule has 1 atom stereocenters. The molecule has 6 heteroatoms. The van der Waals surface area contributed by atoms with Crippen LogP contribution in [0, 0.1) is 6.92 Å². The van der Waals surface area contributed by atoms with Gasteiger partial charge in [0.1, 0.15) is 0 Å². The maximum absolute atomic E-state index is 12.1. The van der Waals surface area contributed by atoms with Crippen molar-refractivity contribution in [2.75, 3.05) is 5.32 Å². The van der Waals surface area contributed by atoms with Crippen LogP contribution in [0.5, 0.6) is 0 Å². The minimum absolute atomic E-state index is 0.0276. The van der Waals surface area contributed by atoms with Crippen molar-refractivity contribution in [3.05, 3.63) is 40.5 Å². The number of rotatable bonds is 2. The molecule has 0 saturated carbocycles. The highest BCUT2D eigenvalue weighted by molar-refractivity contribution is 7.17. The van der Waals surface area contributed by atoms with Crippen LogP contribution in [0.1, 0.15) is 36.1 Å². The van der Waals surface area contributed by atoms with Crippen molar-refractivity contribution < 1.29 is 4.79 Å². The molecular weight excluding hydrogens is 296 g/mol. The highest BCUT2D eigenvalue weighted by Gasteiger charge is 2.32. The van der Waals surface area contributed by atoms with E-state index in [1.54, 1.807) is 11.3 Å². The third-order valence-electron chi connectivity index (χ3n) is 4.31. The van der Waals surface area contributed by atoms with Crippen LogP contribution in [-0.4, -0.2) is 20.7 Å². The highest BCUT2D eigenvalue weighted by Crippen LogP contribution is 2.41. The molecule has 0 saturated heterocycles. The summed E-state index contributed by atoms with van der Waals surface area (Å²) in [6.45, 7) is 4.94. The van der Waals surface area contributed by atoms with Gasteiger partial charge in [-0.05, 0) is 25.5 Å². The smallest absolute Gasteiger partial charge is 0.226 e. The third-order valence-corrected chi connectivity index (χ3v) is 5.20. The molecule has 0 bridgehead atoms. The first-order valence-electron chi connectivity index (χ1n) is 7.38. The Bertz CT molecular complexity index is 880. The number of hydrogen-bond donors (Lipinski definition) is 1. The third kappa shape index (κ3) is 1.87. The number of aromatic nitrogens is 3. The van der Waals surface area contributed by atoms with Gasteiger partial charge in [0.2, 0.25) is 5.91 Å². The summed E-state index contributed by atoms with van der Waals surface area (Å²) < 4.78 is 3.12. The van der Waals surface area contributed by atoms with Crippen LogP contribution in [0.2, 0.25) is 0 Å². The first-order chi connectivity index (χ1) is 10.7. The summed E-state index contributed by atoms with van der Waals surface area (Å²) in [6, 6.07) is 6.14. The molecule has 22 heavy (non-hydrogen) atoms. The molecule has 0 spiro atoms. The van der Waals surface area contributed by atoms with Crippen LogP contribution < -0.4 is 5.32 Å². The van der Waals surface area contributed by atoms with Crippen LogP contribution in [-0.2, 0) is 11.3 Å². The van der Waals surface area contributed by atoms with Crippen LogP contribution in [0.15, 0.2) is 23.7 Å². The first kappa shape index (κ1) is 13.5. The lowest BCUT2D eigenvalue weighted by atomic mass is 9.85. The topological polar surface area (TPSA) is 59.8 Å². The van der Waals surface area contributed by atoms with Gasteiger partial charge < -0.3 is 5.32 Å². The summed E-state index contributed by atoms with van der Waals surface area (Å²) in [4.78, 5) is 16.5. The molecule has 3 heterocycles. The minimum atomic E-state index is 0.0276. The van der Waals surface area contributed by atoms with E-state index in [1.165, 1.54) is 5.56 Å². The molecule has 0 fully saturated rings. The van der Waals surface area contributed by atoms with E-state index in [0.29, 0.717) is 12.2 Å². The lowest BCUT2D eigenvalue weighted by Gasteiger charge is -2.23. The van der Waals surface area contributed by atoms with E-state index in [-0.39, 0.29) is 11.8 Å². The predicted molar refractivity (Wildman–Crippen MR) is 87.3 cm³/mol.